The fourth-order valence-electron chi connectivity index (χ4n) is 3.42. The number of carbonyl (C=O) groups is 1. The Morgan fingerprint density at radius 2 is 1.75 bits per heavy atom. The topological polar surface area (TPSA) is 104 Å². The van der Waals surface area contributed by atoms with Gasteiger partial charge in [0.25, 0.3) is 5.56 Å². The van der Waals surface area contributed by atoms with E-state index < -0.39 is 23.3 Å². The summed E-state index contributed by atoms with van der Waals surface area (Å²) >= 11 is 0. The summed E-state index contributed by atoms with van der Waals surface area (Å²) in [4.78, 5) is 37.9. The van der Waals surface area contributed by atoms with Crippen LogP contribution in [0.5, 0.6) is 11.5 Å². The third kappa shape index (κ3) is 3.12. The third-order valence-electron chi connectivity index (χ3n) is 4.71. The van der Waals surface area contributed by atoms with Crippen LogP contribution in [0.2, 0.25) is 0 Å². The van der Waals surface area contributed by atoms with E-state index in [-0.39, 0.29) is 12.4 Å². The Balaban J connectivity index is 2.25. The first kappa shape index (κ1) is 19.5. The number of carbonyl (C=O) groups excluding carboxylic acids is 1. The summed E-state index contributed by atoms with van der Waals surface area (Å²) in [6.07, 6.45) is 0. The summed E-state index contributed by atoms with van der Waals surface area (Å²) in [6.45, 7) is 6.42. The molecule has 1 aliphatic rings. The molecule has 1 unspecified atom stereocenters. The molecule has 0 fully saturated rings. The highest BCUT2D eigenvalue weighted by Crippen LogP contribution is 2.34. The molecule has 9 nitrogen and oxygen atoms in total. The Kier molecular flexibility index (Phi) is 5.43. The molecule has 9 heteroatoms. The molecule has 2 N–H and O–H groups in total. The van der Waals surface area contributed by atoms with Crippen molar-refractivity contribution in [3.8, 4) is 11.5 Å². The smallest absolute Gasteiger partial charge is 0.332 e. The number of nitrogens with zero attached hydrogens (tertiary/aromatic N) is 2. The Bertz CT molecular complexity index is 1020. The fourth-order valence-corrected chi connectivity index (χ4v) is 3.42. The summed E-state index contributed by atoms with van der Waals surface area (Å²) < 4.78 is 13.5. The quantitative estimate of drug-likeness (QED) is 0.784. The number of nitrogens with one attached hydrogen (secondary N) is 2. The van der Waals surface area contributed by atoms with Gasteiger partial charge in [-0.1, -0.05) is 6.07 Å². The number of urea groups is 1. The molecule has 2 heterocycles. The van der Waals surface area contributed by atoms with Gasteiger partial charge >= 0.3 is 11.7 Å². The van der Waals surface area contributed by atoms with Crippen LogP contribution >= 0.6 is 0 Å². The molecular weight excluding hydrogens is 364 g/mol. The lowest BCUT2D eigenvalue weighted by atomic mass is 9.98. The molecule has 0 saturated heterocycles. The molecular formula is C19H24N4O5. The number of methoxy groups -OCH3 is 1. The Morgan fingerprint density at radius 1 is 1.04 bits per heavy atom. The minimum atomic E-state index is -0.725. The van der Waals surface area contributed by atoms with E-state index in [1.807, 2.05) is 6.92 Å². The highest BCUT2D eigenvalue weighted by Gasteiger charge is 2.33. The standard InChI is InChI=1S/C19H24N4O5/c1-5-22-16-14(17(24)23(6-2)19(22)26)15(20-18(25)21-16)11-8-9-12(28-7-3)13(10-11)27-4/h8-10,15H,5-7H2,1-4H3,(H2,20,21,25). The Morgan fingerprint density at radius 3 is 2.36 bits per heavy atom. The van der Waals surface area contributed by atoms with Crippen LogP contribution in [0.25, 0.3) is 0 Å². The SMILES string of the molecule is CCOc1ccc(C2NC(=O)Nc3c2c(=O)n(CC)c(=O)n3CC)cc1OC. The van der Waals surface area contributed by atoms with Crippen LogP contribution in [0, 0.1) is 0 Å². The molecule has 0 saturated carbocycles. The van der Waals surface area contributed by atoms with E-state index in [2.05, 4.69) is 10.6 Å². The maximum atomic E-state index is 13.1. The zero-order valence-corrected chi connectivity index (χ0v) is 16.4. The van der Waals surface area contributed by atoms with Gasteiger partial charge in [0.2, 0.25) is 0 Å². The van der Waals surface area contributed by atoms with Crippen molar-refractivity contribution in [2.45, 2.75) is 39.9 Å². The van der Waals surface area contributed by atoms with Crippen molar-refractivity contribution in [1.29, 1.82) is 0 Å². The number of fused-ring (bicyclic) bond motifs is 1. The number of aromatic nitrogens is 2. The van der Waals surface area contributed by atoms with Crippen molar-refractivity contribution in [1.82, 2.24) is 14.5 Å². The van der Waals surface area contributed by atoms with Crippen LogP contribution in [0.3, 0.4) is 0 Å². The number of hydrogen-bond acceptors (Lipinski definition) is 5. The van der Waals surface area contributed by atoms with Crippen molar-refractivity contribution in [3.05, 3.63) is 50.2 Å². The largest absolute Gasteiger partial charge is 0.493 e. The zero-order chi connectivity index (χ0) is 20.4. The third-order valence-corrected chi connectivity index (χ3v) is 4.71. The van der Waals surface area contributed by atoms with Crippen molar-refractivity contribution in [3.63, 3.8) is 0 Å². The highest BCUT2D eigenvalue weighted by molar-refractivity contribution is 5.92. The molecule has 2 amide bonds. The van der Waals surface area contributed by atoms with E-state index in [4.69, 9.17) is 9.47 Å². The highest BCUT2D eigenvalue weighted by atomic mass is 16.5. The van der Waals surface area contributed by atoms with Crippen LogP contribution in [0.15, 0.2) is 27.8 Å². The van der Waals surface area contributed by atoms with Crippen molar-refractivity contribution < 1.29 is 14.3 Å². The summed E-state index contributed by atoms with van der Waals surface area (Å²) in [5.74, 6) is 1.29. The van der Waals surface area contributed by atoms with Crippen LogP contribution < -0.4 is 31.4 Å². The van der Waals surface area contributed by atoms with Gasteiger partial charge < -0.3 is 14.8 Å². The molecule has 0 aliphatic carbocycles. The molecule has 2 aromatic rings. The van der Waals surface area contributed by atoms with Crippen molar-refractivity contribution in [2.24, 2.45) is 0 Å². The van der Waals surface area contributed by atoms with Gasteiger partial charge in [0.1, 0.15) is 5.82 Å². The van der Waals surface area contributed by atoms with Gasteiger partial charge in [0, 0.05) is 13.1 Å². The minimum Gasteiger partial charge on any atom is -0.493 e. The number of anilines is 1. The molecule has 3 rings (SSSR count). The van der Waals surface area contributed by atoms with E-state index in [9.17, 15) is 14.4 Å². The molecule has 0 bridgehead atoms. The molecule has 1 aromatic carbocycles. The zero-order valence-electron chi connectivity index (χ0n) is 16.4. The second-order valence-electron chi connectivity index (χ2n) is 6.21. The maximum Gasteiger partial charge on any atom is 0.332 e. The van der Waals surface area contributed by atoms with E-state index in [0.717, 1.165) is 0 Å². The van der Waals surface area contributed by atoms with Crippen LogP contribution in [0.1, 0.15) is 37.9 Å². The molecule has 1 aliphatic heterocycles. The monoisotopic (exact) mass is 388 g/mol. The van der Waals surface area contributed by atoms with E-state index in [1.54, 1.807) is 32.0 Å². The second kappa shape index (κ2) is 7.79. The fraction of sp³-hybridized carbons (Fsp3) is 0.421. The van der Waals surface area contributed by atoms with E-state index >= 15 is 0 Å². The van der Waals surface area contributed by atoms with Gasteiger partial charge in [-0.3, -0.25) is 19.2 Å². The average molecular weight is 388 g/mol. The lowest BCUT2D eigenvalue weighted by Gasteiger charge is -2.29. The Hall–Kier alpha value is -3.23. The number of hydrogen-bond donors (Lipinski definition) is 2. The van der Waals surface area contributed by atoms with Crippen molar-refractivity contribution >= 4 is 11.8 Å². The first-order valence-corrected chi connectivity index (χ1v) is 9.22. The van der Waals surface area contributed by atoms with Gasteiger partial charge in [-0.2, -0.15) is 0 Å². The van der Waals surface area contributed by atoms with E-state index in [1.165, 1.54) is 16.2 Å². The predicted molar refractivity (Wildman–Crippen MR) is 104 cm³/mol. The molecule has 28 heavy (non-hydrogen) atoms. The first-order valence-electron chi connectivity index (χ1n) is 9.22. The van der Waals surface area contributed by atoms with Gasteiger partial charge in [0.05, 0.1) is 25.3 Å². The molecule has 0 spiro atoms. The minimum absolute atomic E-state index is 0.226. The molecule has 1 atom stereocenters. The molecule has 150 valence electrons. The number of amides is 2. The van der Waals surface area contributed by atoms with Crippen LogP contribution in [-0.2, 0) is 13.1 Å². The second-order valence-corrected chi connectivity index (χ2v) is 6.21. The normalized spacial score (nSPS) is 15.4. The Labute approximate surface area is 161 Å². The first-order chi connectivity index (χ1) is 13.5. The summed E-state index contributed by atoms with van der Waals surface area (Å²) in [5, 5.41) is 5.40. The van der Waals surface area contributed by atoms with Gasteiger partial charge in [-0.15, -0.1) is 0 Å². The average Bonchev–Trinajstić information content (AvgIpc) is 2.68. The lowest BCUT2D eigenvalue weighted by Crippen LogP contribution is -2.50. The van der Waals surface area contributed by atoms with Gasteiger partial charge in [0.15, 0.2) is 11.5 Å². The van der Waals surface area contributed by atoms with Crippen LogP contribution in [-0.4, -0.2) is 28.9 Å². The van der Waals surface area contributed by atoms with Gasteiger partial charge in [-0.05, 0) is 38.5 Å². The van der Waals surface area contributed by atoms with Crippen LogP contribution in [0.4, 0.5) is 10.6 Å². The summed E-state index contributed by atoms with van der Waals surface area (Å²) in [7, 11) is 1.52. The summed E-state index contributed by atoms with van der Waals surface area (Å²) in [6, 6.07) is 4.02. The van der Waals surface area contributed by atoms with Crippen molar-refractivity contribution in [2.75, 3.05) is 19.0 Å². The summed E-state index contributed by atoms with van der Waals surface area (Å²) in [5.41, 5.74) is 0.0862. The molecule has 1 aromatic heterocycles. The molecule has 0 radical (unpaired) electrons. The van der Waals surface area contributed by atoms with Gasteiger partial charge in [-0.25, -0.2) is 9.59 Å². The number of ether oxygens (including phenoxy) is 2. The predicted octanol–water partition coefficient (Wildman–Crippen LogP) is 1.68. The number of benzene rings is 1. The maximum absolute atomic E-state index is 13.1. The number of rotatable bonds is 6. The lowest BCUT2D eigenvalue weighted by molar-refractivity contribution is 0.248. The van der Waals surface area contributed by atoms with E-state index in [0.29, 0.717) is 35.8 Å².